The highest BCUT2D eigenvalue weighted by Gasteiger charge is 2.33. The van der Waals surface area contributed by atoms with E-state index in [1.807, 2.05) is 30.3 Å². The number of sulfonamides is 1. The first-order chi connectivity index (χ1) is 19.8. The Morgan fingerprint density at radius 1 is 0.902 bits per heavy atom. The van der Waals surface area contributed by atoms with E-state index in [-0.39, 0.29) is 23.4 Å². The summed E-state index contributed by atoms with van der Waals surface area (Å²) in [6.45, 7) is 1.52. The average Bonchev–Trinajstić information content (AvgIpc) is 3.01. The Morgan fingerprint density at radius 2 is 1.51 bits per heavy atom. The zero-order valence-corrected chi connectivity index (χ0v) is 24.6. The molecular formula is C32H39N3O5S. The van der Waals surface area contributed by atoms with Gasteiger partial charge in [-0.25, -0.2) is 8.42 Å². The van der Waals surface area contributed by atoms with Gasteiger partial charge in [-0.15, -0.1) is 0 Å². The standard InChI is InChI=1S/C32H39N3O5S/c1-25(32(37)33-27-14-8-4-9-15-27)34(23-22-26-12-6-3-7-13-26)31(36)24-35(28-18-20-29(40-2)21-19-28)41(38,39)30-16-10-5-11-17-30/h3,5-7,10-13,16-21,25,27H,4,8-9,14-15,22-24H2,1-2H3,(H,33,37). The van der Waals surface area contributed by atoms with E-state index in [9.17, 15) is 18.0 Å². The molecule has 41 heavy (non-hydrogen) atoms. The number of amides is 2. The number of rotatable bonds is 12. The summed E-state index contributed by atoms with van der Waals surface area (Å²) in [5.74, 6) is -0.114. The summed E-state index contributed by atoms with van der Waals surface area (Å²) in [4.78, 5) is 28.9. The maximum absolute atomic E-state index is 14.0. The van der Waals surface area contributed by atoms with Crippen molar-refractivity contribution in [3.63, 3.8) is 0 Å². The van der Waals surface area contributed by atoms with E-state index in [0.29, 0.717) is 17.9 Å². The zero-order valence-electron chi connectivity index (χ0n) is 23.7. The fourth-order valence-electron chi connectivity index (χ4n) is 5.14. The molecule has 8 nitrogen and oxygen atoms in total. The van der Waals surface area contributed by atoms with E-state index >= 15 is 0 Å². The number of ether oxygens (including phenoxy) is 1. The fourth-order valence-corrected chi connectivity index (χ4v) is 6.57. The quantitative estimate of drug-likeness (QED) is 0.334. The van der Waals surface area contributed by atoms with E-state index in [2.05, 4.69) is 5.32 Å². The second kappa shape index (κ2) is 14.2. The van der Waals surface area contributed by atoms with Crippen molar-refractivity contribution in [2.75, 3.05) is 24.5 Å². The van der Waals surface area contributed by atoms with E-state index in [1.165, 1.54) is 30.6 Å². The number of hydrogen-bond acceptors (Lipinski definition) is 5. The smallest absolute Gasteiger partial charge is 0.264 e. The van der Waals surface area contributed by atoms with Crippen LogP contribution in [-0.2, 0) is 26.0 Å². The topological polar surface area (TPSA) is 96.0 Å². The molecule has 1 N–H and O–H groups in total. The second-order valence-electron chi connectivity index (χ2n) is 10.4. The van der Waals surface area contributed by atoms with Gasteiger partial charge in [0.05, 0.1) is 17.7 Å². The van der Waals surface area contributed by atoms with Crippen molar-refractivity contribution in [1.82, 2.24) is 10.2 Å². The van der Waals surface area contributed by atoms with E-state index in [0.717, 1.165) is 35.6 Å². The summed E-state index contributed by atoms with van der Waals surface area (Å²) in [6.07, 6.45) is 5.70. The lowest BCUT2D eigenvalue weighted by molar-refractivity contribution is -0.139. The highest BCUT2D eigenvalue weighted by Crippen LogP contribution is 2.26. The van der Waals surface area contributed by atoms with Gasteiger partial charge >= 0.3 is 0 Å². The second-order valence-corrected chi connectivity index (χ2v) is 12.2. The maximum atomic E-state index is 14.0. The van der Waals surface area contributed by atoms with Crippen LogP contribution >= 0.6 is 0 Å². The number of carbonyl (C=O) groups excluding carboxylic acids is 2. The van der Waals surface area contributed by atoms with Crippen molar-refractivity contribution in [2.24, 2.45) is 0 Å². The number of nitrogens with one attached hydrogen (secondary N) is 1. The molecule has 1 saturated carbocycles. The van der Waals surface area contributed by atoms with Gasteiger partial charge in [-0.3, -0.25) is 13.9 Å². The summed E-state index contributed by atoms with van der Waals surface area (Å²) in [5, 5.41) is 3.13. The molecule has 0 heterocycles. The Kier molecular flexibility index (Phi) is 10.4. The number of carbonyl (C=O) groups is 2. The molecule has 1 aliphatic rings. The van der Waals surface area contributed by atoms with Crippen LogP contribution in [0.4, 0.5) is 5.69 Å². The largest absolute Gasteiger partial charge is 0.497 e. The molecular weight excluding hydrogens is 538 g/mol. The highest BCUT2D eigenvalue weighted by atomic mass is 32.2. The van der Waals surface area contributed by atoms with Crippen LogP contribution in [0, 0.1) is 0 Å². The number of methoxy groups -OCH3 is 1. The Hall–Kier alpha value is -3.85. The molecule has 3 aromatic rings. The minimum absolute atomic E-state index is 0.0718. The number of nitrogens with zero attached hydrogens (tertiary/aromatic N) is 2. The molecule has 0 aliphatic heterocycles. The molecule has 0 aromatic heterocycles. The monoisotopic (exact) mass is 577 g/mol. The average molecular weight is 578 g/mol. The first-order valence-electron chi connectivity index (χ1n) is 14.1. The third-order valence-corrected chi connectivity index (χ3v) is 9.36. The van der Waals surface area contributed by atoms with Crippen molar-refractivity contribution in [2.45, 2.75) is 62.4 Å². The molecule has 0 saturated heterocycles. The molecule has 218 valence electrons. The molecule has 3 aromatic carbocycles. The van der Waals surface area contributed by atoms with Gasteiger partial charge in [0.15, 0.2) is 0 Å². The predicted molar refractivity (Wildman–Crippen MR) is 160 cm³/mol. The van der Waals surface area contributed by atoms with Gasteiger partial charge in [-0.05, 0) is 68.1 Å². The van der Waals surface area contributed by atoms with Crippen LogP contribution in [0.25, 0.3) is 0 Å². The van der Waals surface area contributed by atoms with Crippen LogP contribution in [0.2, 0.25) is 0 Å². The minimum Gasteiger partial charge on any atom is -0.497 e. The lowest BCUT2D eigenvalue weighted by atomic mass is 9.95. The van der Waals surface area contributed by atoms with Crippen molar-refractivity contribution in [3.8, 4) is 5.75 Å². The minimum atomic E-state index is -4.09. The van der Waals surface area contributed by atoms with Crippen molar-refractivity contribution in [3.05, 3.63) is 90.5 Å². The number of hydrogen-bond donors (Lipinski definition) is 1. The van der Waals surface area contributed by atoms with Crippen LogP contribution in [0.3, 0.4) is 0 Å². The molecule has 1 unspecified atom stereocenters. The lowest BCUT2D eigenvalue weighted by Crippen LogP contribution is -2.53. The van der Waals surface area contributed by atoms with Crippen molar-refractivity contribution in [1.29, 1.82) is 0 Å². The van der Waals surface area contributed by atoms with Gasteiger partial charge < -0.3 is 15.0 Å². The third kappa shape index (κ3) is 7.88. The SMILES string of the molecule is COc1ccc(N(CC(=O)N(CCc2ccccc2)C(C)C(=O)NC2CCCCC2)S(=O)(=O)c2ccccc2)cc1. The summed E-state index contributed by atoms with van der Waals surface area (Å²) in [5.41, 5.74) is 1.35. The molecule has 1 aliphatic carbocycles. The van der Waals surface area contributed by atoms with E-state index in [1.54, 1.807) is 49.4 Å². The van der Waals surface area contributed by atoms with E-state index in [4.69, 9.17) is 4.74 Å². The first-order valence-corrected chi connectivity index (χ1v) is 15.6. The van der Waals surface area contributed by atoms with Gasteiger partial charge in [-0.2, -0.15) is 0 Å². The fraction of sp³-hybridized carbons (Fsp3) is 0.375. The van der Waals surface area contributed by atoms with Crippen LogP contribution < -0.4 is 14.4 Å². The molecule has 0 radical (unpaired) electrons. The molecule has 1 atom stereocenters. The number of benzene rings is 3. The molecule has 4 rings (SSSR count). The van der Waals surface area contributed by atoms with Gasteiger partial charge in [0.1, 0.15) is 18.3 Å². The van der Waals surface area contributed by atoms with Crippen LogP contribution in [0.5, 0.6) is 5.75 Å². The first kappa shape index (κ1) is 30.1. The van der Waals surface area contributed by atoms with Crippen molar-refractivity contribution >= 4 is 27.5 Å². The van der Waals surface area contributed by atoms with Crippen LogP contribution in [0.1, 0.15) is 44.6 Å². The maximum Gasteiger partial charge on any atom is 0.264 e. The van der Waals surface area contributed by atoms with Crippen LogP contribution in [0.15, 0.2) is 89.8 Å². The van der Waals surface area contributed by atoms with Gasteiger partial charge in [0, 0.05) is 12.6 Å². The molecule has 0 bridgehead atoms. The van der Waals surface area contributed by atoms with Gasteiger partial charge in [-0.1, -0.05) is 67.8 Å². The molecule has 0 spiro atoms. The van der Waals surface area contributed by atoms with Gasteiger partial charge in [0.2, 0.25) is 11.8 Å². The normalized spacial score (nSPS) is 14.6. The number of anilines is 1. The molecule has 1 fully saturated rings. The third-order valence-electron chi connectivity index (χ3n) is 7.57. The lowest BCUT2D eigenvalue weighted by Gasteiger charge is -2.33. The Morgan fingerprint density at radius 3 is 2.12 bits per heavy atom. The summed E-state index contributed by atoms with van der Waals surface area (Å²) in [7, 11) is -2.56. The van der Waals surface area contributed by atoms with Crippen molar-refractivity contribution < 1.29 is 22.7 Å². The Bertz CT molecular complexity index is 1380. The zero-order chi connectivity index (χ0) is 29.2. The summed E-state index contributed by atoms with van der Waals surface area (Å²) >= 11 is 0. The summed E-state index contributed by atoms with van der Waals surface area (Å²) in [6, 6.07) is 23.6. The Balaban J connectivity index is 1.62. The van der Waals surface area contributed by atoms with Gasteiger partial charge in [0.25, 0.3) is 10.0 Å². The van der Waals surface area contributed by atoms with Crippen LogP contribution in [-0.4, -0.2) is 57.4 Å². The molecule has 2 amide bonds. The Labute approximate surface area is 243 Å². The highest BCUT2D eigenvalue weighted by molar-refractivity contribution is 7.92. The predicted octanol–water partition coefficient (Wildman–Crippen LogP) is 4.80. The molecule has 9 heteroatoms. The van der Waals surface area contributed by atoms with E-state index < -0.39 is 28.5 Å². The summed E-state index contributed by atoms with van der Waals surface area (Å²) < 4.78 is 34.0.